The summed E-state index contributed by atoms with van der Waals surface area (Å²) in [7, 11) is 0. The van der Waals surface area contributed by atoms with Gasteiger partial charge < -0.3 is 16.4 Å². The molecule has 0 aromatic rings. The fourth-order valence-electron chi connectivity index (χ4n) is 3.05. The van der Waals surface area contributed by atoms with Gasteiger partial charge in [0, 0.05) is 38.2 Å². The quantitative estimate of drug-likeness (QED) is 0.199. The Hall–Kier alpha value is -2.48. The van der Waals surface area contributed by atoms with E-state index in [4.69, 9.17) is 5.73 Å². The summed E-state index contributed by atoms with van der Waals surface area (Å²) in [4.78, 5) is 47.8. The Balaban J connectivity index is 1.99. The largest absolute Gasteiger partial charge is 0.356 e. The lowest BCUT2D eigenvalue weighted by Gasteiger charge is -2.15. The molecular formula is C22H36N4O4. The molecule has 30 heavy (non-hydrogen) atoms. The zero-order chi connectivity index (χ0) is 22.4. The molecule has 1 heterocycles. The maximum Gasteiger partial charge on any atom is 0.253 e. The van der Waals surface area contributed by atoms with Crippen LogP contribution in [0.3, 0.4) is 0 Å². The normalized spacial score (nSPS) is 14.1. The number of hydrogen-bond acceptors (Lipinski definition) is 5. The molecule has 0 saturated carbocycles. The van der Waals surface area contributed by atoms with Gasteiger partial charge >= 0.3 is 0 Å². The number of unbranched alkanes of at least 4 members (excludes halogenated alkanes) is 3. The molecule has 0 spiro atoms. The van der Waals surface area contributed by atoms with E-state index in [-0.39, 0.29) is 23.6 Å². The van der Waals surface area contributed by atoms with Crippen molar-refractivity contribution in [2.45, 2.75) is 70.8 Å². The molecule has 1 aliphatic rings. The smallest absolute Gasteiger partial charge is 0.253 e. The van der Waals surface area contributed by atoms with Gasteiger partial charge in [-0.3, -0.25) is 24.1 Å². The number of nitrogens with two attached hydrogens (primary N) is 1. The molecule has 1 unspecified atom stereocenters. The van der Waals surface area contributed by atoms with E-state index in [1.807, 2.05) is 6.92 Å². The number of imide groups is 1. The fourth-order valence-corrected chi connectivity index (χ4v) is 3.05. The number of nitrogens with zero attached hydrogens (tertiary/aromatic N) is 1. The van der Waals surface area contributed by atoms with Gasteiger partial charge in [0.25, 0.3) is 11.8 Å². The number of allylic oxidation sites excluding steroid dienone is 1. The highest BCUT2D eigenvalue weighted by molar-refractivity contribution is 6.12. The molecular weight excluding hydrogens is 384 g/mol. The van der Waals surface area contributed by atoms with Crippen molar-refractivity contribution in [3.05, 3.63) is 24.3 Å². The Labute approximate surface area is 179 Å². The van der Waals surface area contributed by atoms with Crippen LogP contribution in [0.4, 0.5) is 0 Å². The lowest BCUT2D eigenvalue weighted by atomic mass is 10.1. The molecule has 8 nitrogen and oxygen atoms in total. The SMILES string of the molecule is C=C(C)CCCCCNC(=O)CCCNC(=O)C(N)CCCCN1C(=O)C=CC1=O. The van der Waals surface area contributed by atoms with Gasteiger partial charge in [-0.05, 0) is 51.9 Å². The van der Waals surface area contributed by atoms with Crippen molar-refractivity contribution in [2.75, 3.05) is 19.6 Å². The molecule has 4 N–H and O–H groups in total. The van der Waals surface area contributed by atoms with Crippen LogP contribution in [-0.2, 0) is 19.2 Å². The lowest BCUT2D eigenvalue weighted by Crippen LogP contribution is -2.41. The highest BCUT2D eigenvalue weighted by atomic mass is 16.2. The molecule has 1 rings (SSSR count). The minimum absolute atomic E-state index is 0.00561. The lowest BCUT2D eigenvalue weighted by molar-refractivity contribution is -0.137. The number of nitrogens with one attached hydrogen (secondary N) is 2. The van der Waals surface area contributed by atoms with Crippen molar-refractivity contribution >= 4 is 23.6 Å². The van der Waals surface area contributed by atoms with Crippen molar-refractivity contribution in [3.8, 4) is 0 Å². The molecule has 168 valence electrons. The molecule has 0 aromatic carbocycles. The molecule has 1 atom stereocenters. The van der Waals surface area contributed by atoms with Crippen molar-refractivity contribution in [1.82, 2.24) is 15.5 Å². The Morgan fingerprint density at radius 2 is 1.63 bits per heavy atom. The average molecular weight is 421 g/mol. The molecule has 0 aliphatic carbocycles. The van der Waals surface area contributed by atoms with Gasteiger partial charge in [0.05, 0.1) is 6.04 Å². The van der Waals surface area contributed by atoms with Crippen molar-refractivity contribution < 1.29 is 19.2 Å². The average Bonchev–Trinajstić information content (AvgIpc) is 3.02. The third kappa shape index (κ3) is 10.9. The Morgan fingerprint density at radius 1 is 0.967 bits per heavy atom. The third-order valence-corrected chi connectivity index (χ3v) is 4.87. The molecule has 1 aliphatic heterocycles. The summed E-state index contributed by atoms with van der Waals surface area (Å²) >= 11 is 0. The van der Waals surface area contributed by atoms with E-state index < -0.39 is 6.04 Å². The van der Waals surface area contributed by atoms with Crippen LogP contribution >= 0.6 is 0 Å². The van der Waals surface area contributed by atoms with Gasteiger partial charge in [-0.1, -0.05) is 12.0 Å². The maximum absolute atomic E-state index is 12.0. The molecule has 0 saturated heterocycles. The van der Waals surface area contributed by atoms with Crippen LogP contribution in [0.15, 0.2) is 24.3 Å². The van der Waals surface area contributed by atoms with Crippen LogP contribution in [0.5, 0.6) is 0 Å². The van der Waals surface area contributed by atoms with Crippen molar-refractivity contribution in [2.24, 2.45) is 5.73 Å². The summed E-state index contributed by atoms with van der Waals surface area (Å²) < 4.78 is 0. The zero-order valence-electron chi connectivity index (χ0n) is 18.1. The molecule has 0 bridgehead atoms. The molecule has 0 aromatic heterocycles. The van der Waals surface area contributed by atoms with E-state index in [0.29, 0.717) is 51.7 Å². The minimum atomic E-state index is -0.638. The van der Waals surface area contributed by atoms with E-state index in [1.54, 1.807) is 0 Å². The summed E-state index contributed by atoms with van der Waals surface area (Å²) in [6.45, 7) is 7.31. The number of rotatable bonds is 16. The number of amides is 4. The van der Waals surface area contributed by atoms with Gasteiger partial charge in [-0.2, -0.15) is 0 Å². The second kappa shape index (κ2) is 14.5. The van der Waals surface area contributed by atoms with Crippen LogP contribution in [0.25, 0.3) is 0 Å². The van der Waals surface area contributed by atoms with Crippen LogP contribution in [0, 0.1) is 0 Å². The Bertz CT molecular complexity index is 627. The summed E-state index contributed by atoms with van der Waals surface area (Å²) in [6, 6.07) is -0.638. The zero-order valence-corrected chi connectivity index (χ0v) is 18.1. The summed E-state index contributed by atoms with van der Waals surface area (Å²) in [5.74, 6) is -0.848. The standard InChI is InChI=1S/C22H36N4O4/c1-17(2)9-4-3-6-14-24-19(27)11-8-15-25-22(30)18(23)10-5-7-16-26-20(28)12-13-21(26)29/h12-13,18H,1,3-11,14-16,23H2,2H3,(H,24,27)(H,25,30). The van der Waals surface area contributed by atoms with Gasteiger partial charge in [-0.25, -0.2) is 0 Å². The predicted octanol–water partition coefficient (Wildman–Crippen LogP) is 1.56. The first-order valence-corrected chi connectivity index (χ1v) is 10.8. The van der Waals surface area contributed by atoms with Gasteiger partial charge in [0.2, 0.25) is 11.8 Å². The van der Waals surface area contributed by atoms with E-state index in [0.717, 1.165) is 25.7 Å². The fraction of sp³-hybridized carbons (Fsp3) is 0.636. The van der Waals surface area contributed by atoms with Gasteiger partial charge in [0.15, 0.2) is 0 Å². The van der Waals surface area contributed by atoms with Crippen molar-refractivity contribution in [3.63, 3.8) is 0 Å². The Morgan fingerprint density at radius 3 is 2.30 bits per heavy atom. The van der Waals surface area contributed by atoms with Crippen LogP contribution in [0.2, 0.25) is 0 Å². The first-order valence-electron chi connectivity index (χ1n) is 10.8. The van der Waals surface area contributed by atoms with Crippen LogP contribution < -0.4 is 16.4 Å². The van der Waals surface area contributed by atoms with Crippen LogP contribution in [0.1, 0.15) is 64.7 Å². The first kappa shape index (κ1) is 25.6. The first-order chi connectivity index (χ1) is 14.3. The van der Waals surface area contributed by atoms with E-state index >= 15 is 0 Å². The second-order valence-electron chi connectivity index (χ2n) is 7.78. The molecule has 4 amide bonds. The van der Waals surface area contributed by atoms with Crippen LogP contribution in [-0.4, -0.2) is 54.2 Å². The third-order valence-electron chi connectivity index (χ3n) is 4.87. The highest BCUT2D eigenvalue weighted by Crippen LogP contribution is 2.08. The minimum Gasteiger partial charge on any atom is -0.356 e. The number of carbonyl (C=O) groups excluding carboxylic acids is 4. The number of carbonyl (C=O) groups is 4. The summed E-state index contributed by atoms with van der Waals surface area (Å²) in [5, 5.41) is 5.64. The van der Waals surface area contributed by atoms with Gasteiger partial charge in [-0.15, -0.1) is 6.58 Å². The summed E-state index contributed by atoms with van der Waals surface area (Å²) in [6.07, 6.45) is 9.33. The molecule has 0 radical (unpaired) electrons. The highest BCUT2D eigenvalue weighted by Gasteiger charge is 2.22. The molecule has 0 fully saturated rings. The van der Waals surface area contributed by atoms with Gasteiger partial charge in [0.1, 0.15) is 0 Å². The maximum atomic E-state index is 12.0. The number of hydrogen-bond donors (Lipinski definition) is 3. The van der Waals surface area contributed by atoms with E-state index in [2.05, 4.69) is 17.2 Å². The topological polar surface area (TPSA) is 122 Å². The van der Waals surface area contributed by atoms with E-state index in [9.17, 15) is 19.2 Å². The second-order valence-corrected chi connectivity index (χ2v) is 7.78. The van der Waals surface area contributed by atoms with E-state index in [1.165, 1.54) is 22.6 Å². The predicted molar refractivity (Wildman–Crippen MR) is 116 cm³/mol. The monoisotopic (exact) mass is 420 g/mol. The Kier molecular flexibility index (Phi) is 12.3. The summed E-state index contributed by atoms with van der Waals surface area (Å²) in [5.41, 5.74) is 7.06. The molecule has 8 heteroatoms. The van der Waals surface area contributed by atoms with Crippen molar-refractivity contribution in [1.29, 1.82) is 0 Å².